The van der Waals surface area contributed by atoms with Crippen LogP contribution in [-0.4, -0.2) is 57.3 Å². The standard InChI is InChI=1S/C20H26N4O2/c1-2-3-4-5-19(25)23-11-16-13-24(14-17(16)12-23)20(26)15-6-7-18-21-8-9-22(18)10-15/h4-5,8-9,15H,2-3,6-7,10-14H2,1H3/b5-4+. The predicted molar refractivity (Wildman–Crippen MR) is 98.3 cm³/mol. The number of hydrogen-bond acceptors (Lipinski definition) is 3. The Hall–Kier alpha value is -2.37. The van der Waals surface area contributed by atoms with Gasteiger partial charge in [0.15, 0.2) is 0 Å². The van der Waals surface area contributed by atoms with Crippen LogP contribution in [0.2, 0.25) is 0 Å². The number of imidazole rings is 1. The highest BCUT2D eigenvalue weighted by Crippen LogP contribution is 2.29. The molecule has 138 valence electrons. The fourth-order valence-electron chi connectivity index (χ4n) is 4.17. The number of hydrogen-bond donors (Lipinski definition) is 0. The van der Waals surface area contributed by atoms with E-state index in [-0.39, 0.29) is 17.7 Å². The zero-order valence-electron chi connectivity index (χ0n) is 15.4. The van der Waals surface area contributed by atoms with Crippen LogP contribution in [-0.2, 0) is 22.6 Å². The summed E-state index contributed by atoms with van der Waals surface area (Å²) in [6, 6.07) is 0. The number of carbonyl (C=O) groups is 2. The van der Waals surface area contributed by atoms with Gasteiger partial charge in [-0.2, -0.15) is 0 Å². The van der Waals surface area contributed by atoms with Crippen molar-refractivity contribution < 1.29 is 9.59 Å². The molecule has 26 heavy (non-hydrogen) atoms. The highest BCUT2D eigenvalue weighted by atomic mass is 16.2. The number of unbranched alkanes of at least 4 members (excludes halogenated alkanes) is 1. The van der Waals surface area contributed by atoms with Crippen LogP contribution in [0.3, 0.4) is 0 Å². The van der Waals surface area contributed by atoms with E-state index in [9.17, 15) is 9.59 Å². The summed E-state index contributed by atoms with van der Waals surface area (Å²) in [5, 5.41) is 0. The largest absolute Gasteiger partial charge is 0.334 e. The van der Waals surface area contributed by atoms with Crippen molar-refractivity contribution in [2.24, 2.45) is 5.92 Å². The Morgan fingerprint density at radius 2 is 1.92 bits per heavy atom. The Bertz CT molecular complexity index is 759. The molecular formula is C20H26N4O2. The molecule has 0 N–H and O–H groups in total. The molecule has 0 saturated heterocycles. The average Bonchev–Trinajstić information content (AvgIpc) is 3.34. The second-order valence-corrected chi connectivity index (χ2v) is 7.52. The molecule has 1 atom stereocenters. The van der Waals surface area contributed by atoms with Crippen molar-refractivity contribution in [3.8, 4) is 0 Å². The minimum Gasteiger partial charge on any atom is -0.334 e. The maximum absolute atomic E-state index is 12.9. The maximum atomic E-state index is 12.9. The summed E-state index contributed by atoms with van der Waals surface area (Å²) in [6.45, 7) is 5.55. The van der Waals surface area contributed by atoms with Gasteiger partial charge in [-0.3, -0.25) is 9.59 Å². The van der Waals surface area contributed by atoms with E-state index in [0.29, 0.717) is 26.2 Å². The molecule has 4 heterocycles. The molecule has 4 rings (SSSR count). The SMILES string of the molecule is CCC/C=C/C(=O)N1CC2=C(C1)CN(C(=O)C1CCc3nccn3C1)C2. The van der Waals surface area contributed by atoms with Crippen LogP contribution in [0.1, 0.15) is 32.0 Å². The van der Waals surface area contributed by atoms with Crippen LogP contribution in [0.15, 0.2) is 35.7 Å². The number of rotatable bonds is 4. The third-order valence-electron chi connectivity index (χ3n) is 5.65. The number of aryl methyl sites for hydroxylation is 1. The van der Waals surface area contributed by atoms with Crippen molar-refractivity contribution in [1.82, 2.24) is 19.4 Å². The van der Waals surface area contributed by atoms with Gasteiger partial charge < -0.3 is 14.4 Å². The van der Waals surface area contributed by atoms with Crippen LogP contribution < -0.4 is 0 Å². The van der Waals surface area contributed by atoms with Gasteiger partial charge in [0.25, 0.3) is 0 Å². The van der Waals surface area contributed by atoms with Gasteiger partial charge in [0, 0.05) is 51.5 Å². The Balaban J connectivity index is 1.31. The van der Waals surface area contributed by atoms with Crippen LogP contribution in [0.4, 0.5) is 0 Å². The first kappa shape index (κ1) is 17.1. The van der Waals surface area contributed by atoms with Gasteiger partial charge in [0.1, 0.15) is 5.82 Å². The molecule has 0 fully saturated rings. The molecule has 3 aliphatic rings. The molecule has 0 bridgehead atoms. The Morgan fingerprint density at radius 3 is 2.65 bits per heavy atom. The fraction of sp³-hybridized carbons (Fsp3) is 0.550. The van der Waals surface area contributed by atoms with Gasteiger partial charge in [-0.05, 0) is 30.1 Å². The fourth-order valence-corrected chi connectivity index (χ4v) is 4.17. The molecule has 0 spiro atoms. The first-order valence-corrected chi connectivity index (χ1v) is 9.59. The van der Waals surface area contributed by atoms with Crippen molar-refractivity contribution in [3.05, 3.63) is 41.5 Å². The molecule has 1 aromatic heterocycles. The molecule has 0 saturated carbocycles. The lowest BCUT2D eigenvalue weighted by Crippen LogP contribution is -2.41. The van der Waals surface area contributed by atoms with Gasteiger partial charge in [-0.1, -0.05) is 19.4 Å². The second kappa shape index (κ2) is 7.09. The molecule has 0 aromatic carbocycles. The molecule has 0 aliphatic carbocycles. The zero-order valence-corrected chi connectivity index (χ0v) is 15.4. The van der Waals surface area contributed by atoms with Crippen LogP contribution in [0.5, 0.6) is 0 Å². The Kier molecular flexibility index (Phi) is 4.66. The van der Waals surface area contributed by atoms with Crippen molar-refractivity contribution in [2.75, 3.05) is 26.2 Å². The highest BCUT2D eigenvalue weighted by molar-refractivity contribution is 5.88. The smallest absolute Gasteiger partial charge is 0.246 e. The van der Waals surface area contributed by atoms with Gasteiger partial charge in [0.05, 0.1) is 5.92 Å². The summed E-state index contributed by atoms with van der Waals surface area (Å²) in [4.78, 5) is 33.4. The van der Waals surface area contributed by atoms with E-state index in [1.807, 2.05) is 28.3 Å². The van der Waals surface area contributed by atoms with E-state index >= 15 is 0 Å². The number of aromatic nitrogens is 2. The lowest BCUT2D eigenvalue weighted by Gasteiger charge is -2.29. The second-order valence-electron chi connectivity index (χ2n) is 7.52. The minimum absolute atomic E-state index is 0.0476. The molecule has 6 heteroatoms. The monoisotopic (exact) mass is 354 g/mol. The third kappa shape index (κ3) is 3.20. The average molecular weight is 354 g/mol. The molecular weight excluding hydrogens is 328 g/mol. The molecule has 1 aromatic rings. The summed E-state index contributed by atoms with van der Waals surface area (Å²) in [5.74, 6) is 1.47. The lowest BCUT2D eigenvalue weighted by atomic mass is 9.98. The summed E-state index contributed by atoms with van der Waals surface area (Å²) in [5.41, 5.74) is 2.52. The van der Waals surface area contributed by atoms with E-state index in [1.165, 1.54) is 11.1 Å². The number of carbonyl (C=O) groups excluding carboxylic acids is 2. The first-order valence-electron chi connectivity index (χ1n) is 9.59. The quantitative estimate of drug-likeness (QED) is 0.612. The van der Waals surface area contributed by atoms with Crippen molar-refractivity contribution in [3.63, 3.8) is 0 Å². The Morgan fingerprint density at radius 1 is 1.19 bits per heavy atom. The van der Waals surface area contributed by atoms with Gasteiger partial charge in [-0.25, -0.2) is 4.98 Å². The van der Waals surface area contributed by atoms with Crippen LogP contribution in [0.25, 0.3) is 0 Å². The van der Waals surface area contributed by atoms with Crippen molar-refractivity contribution in [1.29, 1.82) is 0 Å². The number of amides is 2. The number of nitrogens with zero attached hydrogens (tertiary/aromatic N) is 4. The van der Waals surface area contributed by atoms with E-state index in [4.69, 9.17) is 0 Å². The molecule has 1 unspecified atom stereocenters. The van der Waals surface area contributed by atoms with Crippen molar-refractivity contribution >= 4 is 11.8 Å². The van der Waals surface area contributed by atoms with E-state index in [1.54, 1.807) is 6.08 Å². The lowest BCUT2D eigenvalue weighted by molar-refractivity contribution is -0.135. The van der Waals surface area contributed by atoms with E-state index < -0.39 is 0 Å². The van der Waals surface area contributed by atoms with E-state index in [0.717, 1.165) is 38.1 Å². The third-order valence-corrected chi connectivity index (χ3v) is 5.65. The number of fused-ring (bicyclic) bond motifs is 1. The predicted octanol–water partition coefficient (Wildman–Crippen LogP) is 1.78. The summed E-state index contributed by atoms with van der Waals surface area (Å²) in [7, 11) is 0. The zero-order chi connectivity index (χ0) is 18.1. The van der Waals surface area contributed by atoms with Gasteiger partial charge in [-0.15, -0.1) is 0 Å². The summed E-state index contributed by atoms with van der Waals surface area (Å²) >= 11 is 0. The number of allylic oxidation sites excluding steroid dienone is 1. The minimum atomic E-state index is 0.0476. The molecule has 6 nitrogen and oxygen atoms in total. The van der Waals surface area contributed by atoms with E-state index in [2.05, 4.69) is 16.5 Å². The normalized spacial score (nSPS) is 22.3. The maximum Gasteiger partial charge on any atom is 0.246 e. The summed E-state index contributed by atoms with van der Waals surface area (Å²) in [6.07, 6.45) is 11.2. The van der Waals surface area contributed by atoms with Gasteiger partial charge >= 0.3 is 0 Å². The molecule has 2 amide bonds. The summed E-state index contributed by atoms with van der Waals surface area (Å²) < 4.78 is 2.10. The molecule has 3 aliphatic heterocycles. The van der Waals surface area contributed by atoms with Crippen LogP contribution >= 0.6 is 0 Å². The van der Waals surface area contributed by atoms with Gasteiger partial charge in [0.2, 0.25) is 11.8 Å². The molecule has 0 radical (unpaired) electrons. The first-order chi connectivity index (χ1) is 12.7. The topological polar surface area (TPSA) is 58.4 Å². The Labute approximate surface area is 154 Å². The van der Waals surface area contributed by atoms with Crippen molar-refractivity contribution in [2.45, 2.75) is 39.2 Å². The highest BCUT2D eigenvalue weighted by Gasteiger charge is 2.36. The van der Waals surface area contributed by atoms with Crippen LogP contribution in [0, 0.1) is 5.92 Å².